The highest BCUT2D eigenvalue weighted by Crippen LogP contribution is 2.38. The van der Waals surface area contributed by atoms with Crippen molar-refractivity contribution in [3.05, 3.63) is 35.7 Å². The van der Waals surface area contributed by atoms with Gasteiger partial charge in [-0.3, -0.25) is 9.13 Å². The third-order valence-corrected chi connectivity index (χ3v) is 8.69. The third kappa shape index (κ3) is 5.81. The number of amides is 1. The molecule has 2 aromatic heterocycles. The van der Waals surface area contributed by atoms with Gasteiger partial charge in [0.1, 0.15) is 22.8 Å². The molecule has 0 saturated heterocycles. The fourth-order valence-electron chi connectivity index (χ4n) is 3.80. The van der Waals surface area contributed by atoms with E-state index in [9.17, 15) is 4.79 Å². The van der Waals surface area contributed by atoms with Crippen LogP contribution in [0.3, 0.4) is 0 Å². The number of rotatable bonds is 7. The molecule has 2 N–H and O–H groups in total. The summed E-state index contributed by atoms with van der Waals surface area (Å²) in [5, 5.41) is 6.55. The number of hydrogen-bond donors (Lipinski definition) is 2. The van der Waals surface area contributed by atoms with Crippen molar-refractivity contribution in [3.8, 4) is 0 Å². The molecule has 0 radical (unpaired) electrons. The lowest BCUT2D eigenvalue weighted by atomic mass is 10.1. The van der Waals surface area contributed by atoms with Crippen molar-refractivity contribution in [2.45, 2.75) is 58.0 Å². The Balaban J connectivity index is 0.00000148. The molecule has 11 heteroatoms. The number of aliphatic imine (C=N–C) groups is 1. The van der Waals surface area contributed by atoms with Gasteiger partial charge in [-0.05, 0) is 80.1 Å². The molecule has 1 amide bonds. The Bertz CT molecular complexity index is 1320. The molecule has 0 bridgehead atoms. The summed E-state index contributed by atoms with van der Waals surface area (Å²) in [6.07, 6.45) is 4.39. The maximum atomic E-state index is 12.4. The largest absolute Gasteiger partial charge is 0.469 e. The highest BCUT2D eigenvalue weighted by molar-refractivity contribution is 14.2. The van der Waals surface area contributed by atoms with Crippen molar-refractivity contribution in [3.63, 3.8) is 0 Å². The smallest absolute Gasteiger partial charge is 0.228 e. The van der Waals surface area contributed by atoms with Crippen molar-refractivity contribution < 1.29 is 9.53 Å². The van der Waals surface area contributed by atoms with E-state index in [2.05, 4.69) is 48.1 Å². The zero-order valence-electron chi connectivity index (χ0n) is 21.4. The highest BCUT2D eigenvalue weighted by Gasteiger charge is 2.30. The molecule has 1 aliphatic carbocycles. The number of halogens is 1. The second kappa shape index (κ2) is 11.2. The summed E-state index contributed by atoms with van der Waals surface area (Å²) >= 11 is 3.98. The molecule has 1 atom stereocenters. The first-order chi connectivity index (χ1) is 17.3. The lowest BCUT2D eigenvalue weighted by molar-refractivity contribution is -0.117. The number of nitrogens with one attached hydrogen (secondary N) is 2. The molecule has 8 nitrogen and oxygen atoms in total. The van der Waals surface area contributed by atoms with Gasteiger partial charge in [0.15, 0.2) is 5.65 Å². The van der Waals surface area contributed by atoms with Crippen LogP contribution in [0.15, 0.2) is 34.2 Å². The number of hydrogen-bond acceptors (Lipinski definition) is 7. The van der Waals surface area contributed by atoms with Gasteiger partial charge >= 0.3 is 0 Å². The maximum absolute atomic E-state index is 12.4. The Morgan fingerprint density at radius 1 is 1.22 bits per heavy atom. The molecular formula is C25H32IN6O2PS. The topological polar surface area (TPSA) is 93.4 Å². The second-order valence-corrected chi connectivity index (χ2v) is 12.0. The minimum atomic E-state index is -0.272. The normalized spacial score (nSPS) is 16.5. The van der Waals surface area contributed by atoms with Crippen LogP contribution in [-0.2, 0) is 9.53 Å². The molecule has 0 spiro atoms. The summed E-state index contributed by atoms with van der Waals surface area (Å²) in [6, 6.07) is 8.03. The van der Waals surface area contributed by atoms with Crippen LogP contribution in [-0.4, -0.2) is 44.5 Å². The van der Waals surface area contributed by atoms with E-state index in [4.69, 9.17) is 14.7 Å². The number of aromatic nitrogens is 3. The van der Waals surface area contributed by atoms with Gasteiger partial charge in [0.25, 0.3) is 0 Å². The monoisotopic (exact) mass is 638 g/mol. The number of aryl methyl sites for hydroxylation is 1. The van der Waals surface area contributed by atoms with Crippen LogP contribution < -0.4 is 10.6 Å². The minimum Gasteiger partial charge on any atom is -0.469 e. The van der Waals surface area contributed by atoms with Gasteiger partial charge in [-0.1, -0.05) is 13.8 Å². The molecule has 3 aromatic rings. The van der Waals surface area contributed by atoms with Crippen LogP contribution >= 0.6 is 40.2 Å². The number of pyridine rings is 1. The van der Waals surface area contributed by atoms with Gasteiger partial charge < -0.3 is 15.4 Å². The highest BCUT2D eigenvalue weighted by atomic mass is 127. The fraction of sp³-hybridized carbons (Fsp3) is 0.440. The predicted molar refractivity (Wildman–Crippen MR) is 161 cm³/mol. The quantitative estimate of drug-likeness (QED) is 0.166. The number of thioether (sulfide) groups is 1. The van der Waals surface area contributed by atoms with Crippen molar-refractivity contribution in [2.75, 3.05) is 23.4 Å². The average Bonchev–Trinajstić information content (AvgIpc) is 3.58. The summed E-state index contributed by atoms with van der Waals surface area (Å²) in [5.74, 6) is 2.25. The van der Waals surface area contributed by atoms with Crippen LogP contribution in [0.4, 0.5) is 17.2 Å². The average molecular weight is 639 g/mol. The Hall–Kier alpha value is -1.91. The molecule has 3 heterocycles. The Kier molecular flexibility index (Phi) is 8.46. The first kappa shape index (κ1) is 27.1. The van der Waals surface area contributed by atoms with Crippen LogP contribution in [0, 0.1) is 12.8 Å². The number of benzene rings is 1. The number of fused-ring (bicyclic) bond motifs is 1. The Morgan fingerprint density at radius 2 is 1.97 bits per heavy atom. The van der Waals surface area contributed by atoms with Crippen LogP contribution in [0.2, 0.25) is 0 Å². The van der Waals surface area contributed by atoms with E-state index in [0.29, 0.717) is 24.6 Å². The standard InChI is InChI=1S/C23H26IN6O2PS.C2H6/c1-12-26-19-16(10-18(28-20(19)30(12)33-24)29-21(31)13-5-6-13)27-15-8-7-14(9-17(15)34-4)22-25-11-23(2,3)32-22;1-2/h7-10,13,33H,5-6,11H2,1-4H3,(H2,27,28,29,31);1-2H3. The molecule has 2 aliphatic rings. The third-order valence-electron chi connectivity index (χ3n) is 5.76. The van der Waals surface area contributed by atoms with Crippen molar-refractivity contribution >= 4 is 80.3 Å². The van der Waals surface area contributed by atoms with Gasteiger partial charge in [0.05, 0.1) is 24.3 Å². The molecule has 1 saturated carbocycles. The van der Waals surface area contributed by atoms with Gasteiger partial charge in [-0.25, -0.2) is 15.0 Å². The van der Waals surface area contributed by atoms with Gasteiger partial charge in [0, 0.05) is 22.4 Å². The lowest BCUT2D eigenvalue weighted by Crippen LogP contribution is -2.24. The first-order valence-corrected chi connectivity index (χ1v) is 17.3. The molecular weight excluding hydrogens is 606 g/mol. The lowest BCUT2D eigenvalue weighted by Gasteiger charge is -2.18. The van der Waals surface area contributed by atoms with Crippen LogP contribution in [0.5, 0.6) is 0 Å². The molecule has 1 aliphatic heterocycles. The van der Waals surface area contributed by atoms with Gasteiger partial charge in [-0.15, -0.1) is 11.8 Å². The van der Waals surface area contributed by atoms with E-state index >= 15 is 0 Å². The van der Waals surface area contributed by atoms with E-state index in [1.165, 1.54) is 0 Å². The second-order valence-electron chi connectivity index (χ2n) is 9.09. The predicted octanol–water partition coefficient (Wildman–Crippen LogP) is 6.93. The SMILES string of the molecule is CC.CSc1cc(C2=NCC(C)(C)O2)ccc1Nc1cc(NC(=O)C2CC2)nc2c1nc(C)n2PI. The zero-order valence-corrected chi connectivity index (χ0v) is 25.4. The molecule has 5 rings (SSSR count). The van der Waals surface area contributed by atoms with Crippen molar-refractivity contribution in [1.29, 1.82) is 0 Å². The fourth-order valence-corrected chi connectivity index (χ4v) is 6.53. The molecule has 1 unspecified atom stereocenters. The van der Waals surface area contributed by atoms with Crippen molar-refractivity contribution in [2.24, 2.45) is 10.9 Å². The van der Waals surface area contributed by atoms with Crippen LogP contribution in [0.1, 0.15) is 51.9 Å². The van der Waals surface area contributed by atoms with E-state index in [1.54, 1.807) is 11.8 Å². The number of imidazole rings is 1. The summed E-state index contributed by atoms with van der Waals surface area (Å²) in [4.78, 5) is 27.6. The number of carbonyl (C=O) groups is 1. The van der Waals surface area contributed by atoms with E-state index in [0.717, 1.165) is 51.7 Å². The number of nitrogens with zero attached hydrogens (tertiary/aromatic N) is 4. The summed E-state index contributed by atoms with van der Waals surface area (Å²) < 4.78 is 8.09. The Morgan fingerprint density at radius 3 is 2.58 bits per heavy atom. The Labute approximate surface area is 231 Å². The summed E-state index contributed by atoms with van der Waals surface area (Å²) in [5.41, 5.74) is 4.00. The van der Waals surface area contributed by atoms with Crippen molar-refractivity contribution in [1.82, 2.24) is 14.3 Å². The first-order valence-electron chi connectivity index (χ1n) is 12.0. The maximum Gasteiger partial charge on any atom is 0.228 e. The number of ether oxygens (including phenoxy) is 1. The molecule has 1 aromatic carbocycles. The zero-order chi connectivity index (χ0) is 26.0. The minimum absolute atomic E-state index is 0.0342. The molecule has 1 fully saturated rings. The van der Waals surface area contributed by atoms with Gasteiger partial charge in [0.2, 0.25) is 11.8 Å². The van der Waals surface area contributed by atoms with Gasteiger partial charge in [-0.2, -0.15) is 0 Å². The van der Waals surface area contributed by atoms with E-state index < -0.39 is 0 Å². The van der Waals surface area contributed by atoms with E-state index in [1.807, 2.05) is 59.1 Å². The molecule has 192 valence electrons. The summed E-state index contributed by atoms with van der Waals surface area (Å²) in [7, 11) is 0. The summed E-state index contributed by atoms with van der Waals surface area (Å²) in [6.45, 7) is 10.7. The number of carbonyl (C=O) groups excluding carboxylic acids is 1. The number of anilines is 3. The van der Waals surface area contributed by atoms with E-state index in [-0.39, 0.29) is 17.4 Å². The molecule has 36 heavy (non-hydrogen) atoms. The van der Waals surface area contributed by atoms with Crippen LogP contribution in [0.25, 0.3) is 11.2 Å².